The molecule has 0 amide bonds. The first-order valence-corrected chi connectivity index (χ1v) is 6.79. The van der Waals surface area contributed by atoms with Crippen molar-refractivity contribution in [2.75, 3.05) is 0 Å². The summed E-state index contributed by atoms with van der Waals surface area (Å²) >= 11 is 8.40. The topological polar surface area (TPSA) is 30.7 Å². The first-order chi connectivity index (χ1) is 7.66. The molecule has 2 aromatic heterocycles. The van der Waals surface area contributed by atoms with E-state index in [9.17, 15) is 0 Å². The van der Waals surface area contributed by atoms with Crippen molar-refractivity contribution in [2.45, 2.75) is 25.8 Å². The van der Waals surface area contributed by atoms with Gasteiger partial charge in [-0.05, 0) is 41.4 Å². The standard InChI is InChI=1S/C11H11ClIN3/c1-6-2-7(3-6)16-4-8(13)9-10(12)14-5-15-11(9)16/h4-7H,2-3H2,1H3/t6-,7-. The Morgan fingerprint density at radius 3 is 2.88 bits per heavy atom. The Kier molecular flexibility index (Phi) is 2.58. The lowest BCUT2D eigenvalue weighted by Crippen LogP contribution is -2.24. The van der Waals surface area contributed by atoms with Crippen molar-refractivity contribution in [3.63, 3.8) is 0 Å². The van der Waals surface area contributed by atoms with Gasteiger partial charge < -0.3 is 4.57 Å². The van der Waals surface area contributed by atoms with Gasteiger partial charge in [0.2, 0.25) is 0 Å². The van der Waals surface area contributed by atoms with Crippen molar-refractivity contribution in [1.29, 1.82) is 0 Å². The summed E-state index contributed by atoms with van der Waals surface area (Å²) in [5.74, 6) is 0.831. The number of hydrogen-bond donors (Lipinski definition) is 0. The van der Waals surface area contributed by atoms with Crippen molar-refractivity contribution in [3.05, 3.63) is 21.2 Å². The average molecular weight is 348 g/mol. The maximum Gasteiger partial charge on any atom is 0.146 e. The second-order valence-corrected chi connectivity index (χ2v) is 6.00. The van der Waals surface area contributed by atoms with Crippen molar-refractivity contribution < 1.29 is 0 Å². The van der Waals surface area contributed by atoms with Crippen LogP contribution in [0, 0.1) is 9.49 Å². The van der Waals surface area contributed by atoms with Gasteiger partial charge in [-0.25, -0.2) is 9.97 Å². The molecule has 3 nitrogen and oxygen atoms in total. The Hall–Kier alpha value is -0.360. The zero-order chi connectivity index (χ0) is 11.3. The molecule has 0 bridgehead atoms. The van der Waals surface area contributed by atoms with Gasteiger partial charge in [-0.2, -0.15) is 0 Å². The average Bonchev–Trinajstić information content (AvgIpc) is 2.53. The number of nitrogens with zero attached hydrogens (tertiary/aromatic N) is 3. The highest BCUT2D eigenvalue weighted by molar-refractivity contribution is 14.1. The molecule has 2 aromatic rings. The Balaban J connectivity index is 2.16. The van der Waals surface area contributed by atoms with Crippen LogP contribution >= 0.6 is 34.2 Å². The van der Waals surface area contributed by atoms with Crippen molar-refractivity contribution in [2.24, 2.45) is 5.92 Å². The van der Waals surface area contributed by atoms with Gasteiger partial charge >= 0.3 is 0 Å². The SMILES string of the molecule is C[C@H]1C[C@H](n2cc(I)c3c(Cl)ncnc32)C1. The first-order valence-electron chi connectivity index (χ1n) is 5.33. The number of hydrogen-bond acceptors (Lipinski definition) is 2. The second kappa shape index (κ2) is 3.84. The van der Waals surface area contributed by atoms with E-state index in [-0.39, 0.29) is 0 Å². The third kappa shape index (κ3) is 1.54. The highest BCUT2D eigenvalue weighted by Gasteiger charge is 2.28. The van der Waals surface area contributed by atoms with Crippen molar-refractivity contribution in [1.82, 2.24) is 14.5 Å². The van der Waals surface area contributed by atoms with Gasteiger partial charge in [0.25, 0.3) is 0 Å². The number of rotatable bonds is 1. The normalized spacial score (nSPS) is 24.7. The van der Waals surface area contributed by atoms with E-state index in [0.29, 0.717) is 11.2 Å². The summed E-state index contributed by atoms with van der Waals surface area (Å²) in [5.41, 5.74) is 0.973. The molecule has 16 heavy (non-hydrogen) atoms. The maximum atomic E-state index is 6.10. The van der Waals surface area contributed by atoms with E-state index in [1.807, 2.05) is 0 Å². The van der Waals surface area contributed by atoms with Gasteiger partial charge in [-0.3, -0.25) is 0 Å². The second-order valence-electron chi connectivity index (χ2n) is 4.48. The molecule has 0 saturated heterocycles. The van der Waals surface area contributed by atoms with Crippen LogP contribution in [0.25, 0.3) is 11.0 Å². The number of aromatic nitrogens is 3. The smallest absolute Gasteiger partial charge is 0.146 e. The lowest BCUT2D eigenvalue weighted by atomic mass is 9.82. The molecule has 0 aliphatic heterocycles. The van der Waals surface area contributed by atoms with Crippen LogP contribution in [-0.2, 0) is 0 Å². The Labute approximate surface area is 112 Å². The fourth-order valence-electron chi connectivity index (χ4n) is 2.37. The van der Waals surface area contributed by atoms with Crippen LogP contribution in [0.15, 0.2) is 12.5 Å². The molecule has 1 aliphatic carbocycles. The summed E-state index contributed by atoms with van der Waals surface area (Å²) in [5, 5.41) is 1.55. The van der Waals surface area contributed by atoms with Gasteiger partial charge in [0, 0.05) is 15.8 Å². The third-order valence-electron chi connectivity index (χ3n) is 3.26. The minimum atomic E-state index is 0.556. The molecule has 0 N–H and O–H groups in total. The molecule has 1 aliphatic rings. The molecular formula is C11H11ClIN3. The summed E-state index contributed by atoms with van der Waals surface area (Å²) in [6, 6.07) is 0.590. The molecule has 0 unspecified atom stereocenters. The predicted octanol–water partition coefficient (Wildman–Crippen LogP) is 3.66. The monoisotopic (exact) mass is 347 g/mol. The molecule has 0 atom stereocenters. The molecule has 0 radical (unpaired) electrons. The summed E-state index contributed by atoms with van der Waals surface area (Å²) in [6.45, 7) is 2.29. The summed E-state index contributed by atoms with van der Waals surface area (Å²) in [7, 11) is 0. The molecule has 2 heterocycles. The molecule has 5 heteroatoms. The largest absolute Gasteiger partial charge is 0.328 e. The highest BCUT2D eigenvalue weighted by Crippen LogP contribution is 2.40. The summed E-state index contributed by atoms with van der Waals surface area (Å²) in [4.78, 5) is 8.39. The third-order valence-corrected chi connectivity index (χ3v) is 4.36. The lowest BCUT2D eigenvalue weighted by Gasteiger charge is -2.34. The first kappa shape index (κ1) is 10.8. The van der Waals surface area contributed by atoms with Crippen molar-refractivity contribution in [3.8, 4) is 0 Å². The highest BCUT2D eigenvalue weighted by atomic mass is 127. The van der Waals surface area contributed by atoms with E-state index in [1.54, 1.807) is 6.33 Å². The lowest BCUT2D eigenvalue weighted by molar-refractivity contribution is 0.220. The molecule has 0 aromatic carbocycles. The van der Waals surface area contributed by atoms with Crippen LogP contribution in [0.2, 0.25) is 5.15 Å². The van der Waals surface area contributed by atoms with E-state index in [4.69, 9.17) is 11.6 Å². The summed E-state index contributed by atoms with van der Waals surface area (Å²) in [6.07, 6.45) is 6.16. The van der Waals surface area contributed by atoms with Gasteiger partial charge in [0.1, 0.15) is 17.1 Å². The predicted molar refractivity (Wildman–Crippen MR) is 72.7 cm³/mol. The molecule has 0 spiro atoms. The van der Waals surface area contributed by atoms with Crippen LogP contribution < -0.4 is 0 Å². The molecular weight excluding hydrogens is 336 g/mol. The zero-order valence-electron chi connectivity index (χ0n) is 8.82. The van der Waals surface area contributed by atoms with E-state index in [2.05, 4.69) is 50.2 Å². The van der Waals surface area contributed by atoms with E-state index >= 15 is 0 Å². The fourth-order valence-corrected chi connectivity index (χ4v) is 3.56. The Morgan fingerprint density at radius 1 is 1.44 bits per heavy atom. The summed E-state index contributed by atoms with van der Waals surface area (Å²) < 4.78 is 3.39. The van der Waals surface area contributed by atoms with Crippen LogP contribution in [0.4, 0.5) is 0 Å². The molecule has 1 saturated carbocycles. The molecule has 1 fully saturated rings. The van der Waals surface area contributed by atoms with Gasteiger partial charge in [-0.15, -0.1) is 0 Å². The quantitative estimate of drug-likeness (QED) is 0.582. The number of fused-ring (bicyclic) bond motifs is 1. The van der Waals surface area contributed by atoms with E-state index in [1.165, 1.54) is 12.8 Å². The Bertz CT molecular complexity index is 545. The minimum absolute atomic E-state index is 0.556. The van der Waals surface area contributed by atoms with Crippen LogP contribution in [0.5, 0.6) is 0 Å². The van der Waals surface area contributed by atoms with Gasteiger partial charge in [-0.1, -0.05) is 18.5 Å². The van der Waals surface area contributed by atoms with Gasteiger partial charge in [0.05, 0.1) is 5.39 Å². The Morgan fingerprint density at radius 2 is 2.19 bits per heavy atom. The van der Waals surface area contributed by atoms with Crippen LogP contribution in [0.1, 0.15) is 25.8 Å². The van der Waals surface area contributed by atoms with Crippen molar-refractivity contribution >= 4 is 45.2 Å². The maximum absolute atomic E-state index is 6.10. The van der Waals surface area contributed by atoms with Gasteiger partial charge in [0.15, 0.2) is 0 Å². The van der Waals surface area contributed by atoms with Crippen LogP contribution in [-0.4, -0.2) is 14.5 Å². The van der Waals surface area contributed by atoms with Crippen LogP contribution in [0.3, 0.4) is 0 Å². The van der Waals surface area contributed by atoms with E-state index in [0.717, 1.165) is 20.5 Å². The van der Waals surface area contributed by atoms with E-state index < -0.39 is 0 Å². The minimum Gasteiger partial charge on any atom is -0.328 e. The fraction of sp³-hybridized carbons (Fsp3) is 0.455. The molecule has 3 rings (SSSR count). The molecule has 84 valence electrons. The zero-order valence-corrected chi connectivity index (χ0v) is 11.7. The number of halogens is 2.